The highest BCUT2D eigenvalue weighted by atomic mass is 35.5. The van der Waals surface area contributed by atoms with Gasteiger partial charge in [-0.3, -0.25) is 34.1 Å². The van der Waals surface area contributed by atoms with Crippen LogP contribution in [0.2, 0.25) is 0 Å². The second-order valence-electron chi connectivity index (χ2n) is 6.61. The number of carboxylic acids is 2. The Morgan fingerprint density at radius 1 is 0.897 bits per heavy atom. The fourth-order valence-electron chi connectivity index (χ4n) is 2.19. The number of aliphatic carboxylic acids is 2. The van der Waals surface area contributed by atoms with E-state index in [0.717, 1.165) is 12.1 Å². The van der Waals surface area contributed by atoms with Crippen LogP contribution in [0, 0.1) is 10.1 Å². The molecule has 0 unspecified atom stereocenters. The summed E-state index contributed by atoms with van der Waals surface area (Å²) in [4.78, 5) is 62.6. The molecule has 0 aliphatic heterocycles. The van der Waals surface area contributed by atoms with Gasteiger partial charge in [-0.2, -0.15) is 0 Å². The third-order valence-corrected chi connectivity index (χ3v) is 3.96. The van der Waals surface area contributed by atoms with Crippen molar-refractivity contribution in [3.8, 4) is 11.5 Å². The molecule has 2 aromatic carbocycles. The Morgan fingerprint density at radius 3 is 1.69 bits per heavy atom. The molecular formula is C21H26ClN5O12. The molecular weight excluding hydrogens is 550 g/mol. The highest BCUT2D eigenvalue weighted by Crippen LogP contribution is 2.29. The number of nitrogens with one attached hydrogen (secondary N) is 2. The number of nitrogens with zero attached hydrogens (tertiary/aromatic N) is 1. The SMILES string of the molecule is COC(=O)CN.Cl.Nc1cccc(C(=O)NCC(=O)O)c1O.O=C(O)CNC(=O)c1cccc([N+](=O)[O-])c1O. The van der Waals surface area contributed by atoms with Crippen molar-refractivity contribution in [1.82, 2.24) is 10.6 Å². The van der Waals surface area contributed by atoms with Gasteiger partial charge in [-0.15, -0.1) is 12.4 Å². The number of nitrogen functional groups attached to an aromatic ring is 1. The second kappa shape index (κ2) is 18.1. The van der Waals surface area contributed by atoms with Gasteiger partial charge in [0, 0.05) is 6.07 Å². The van der Waals surface area contributed by atoms with E-state index in [9.17, 15) is 44.3 Å². The molecule has 17 nitrogen and oxygen atoms in total. The summed E-state index contributed by atoms with van der Waals surface area (Å²) < 4.78 is 4.14. The maximum absolute atomic E-state index is 11.4. The molecule has 0 radical (unpaired) electrons. The number of anilines is 1. The van der Waals surface area contributed by atoms with E-state index in [4.69, 9.17) is 21.7 Å². The second-order valence-corrected chi connectivity index (χ2v) is 6.61. The molecule has 2 amide bonds. The number of halogens is 1. The largest absolute Gasteiger partial charge is 0.505 e. The van der Waals surface area contributed by atoms with Crippen LogP contribution in [0.5, 0.6) is 11.5 Å². The number of amides is 2. The summed E-state index contributed by atoms with van der Waals surface area (Å²) in [5.41, 5.74) is 9.23. The van der Waals surface area contributed by atoms with Crippen LogP contribution < -0.4 is 22.1 Å². The topological polar surface area (TPSA) is 295 Å². The Balaban J connectivity index is 0. The van der Waals surface area contributed by atoms with Gasteiger partial charge < -0.3 is 47.3 Å². The summed E-state index contributed by atoms with van der Waals surface area (Å²) in [7, 11) is 1.30. The van der Waals surface area contributed by atoms with Crippen molar-refractivity contribution >= 4 is 53.5 Å². The number of hydrogen-bond acceptors (Lipinski definition) is 12. The van der Waals surface area contributed by atoms with E-state index in [1.165, 1.54) is 31.4 Å². The van der Waals surface area contributed by atoms with Gasteiger partial charge in [0.25, 0.3) is 11.8 Å². The van der Waals surface area contributed by atoms with Gasteiger partial charge in [0.15, 0.2) is 5.75 Å². The normalized spacial score (nSPS) is 9.08. The number of hydrogen-bond donors (Lipinski definition) is 8. The van der Waals surface area contributed by atoms with E-state index in [2.05, 4.69) is 10.1 Å². The molecule has 18 heteroatoms. The number of carboxylic acid groups (broad SMARTS) is 2. The molecule has 0 fully saturated rings. The minimum atomic E-state index is -1.26. The van der Waals surface area contributed by atoms with Crippen molar-refractivity contribution in [2.75, 3.05) is 32.5 Å². The van der Waals surface area contributed by atoms with Crippen LogP contribution in [0.3, 0.4) is 0 Å². The minimum Gasteiger partial charge on any atom is -0.505 e. The molecule has 0 bridgehead atoms. The number of phenols is 2. The summed E-state index contributed by atoms with van der Waals surface area (Å²) in [5.74, 6) is -5.51. The lowest BCUT2D eigenvalue weighted by Crippen LogP contribution is -2.29. The van der Waals surface area contributed by atoms with Crippen molar-refractivity contribution in [3.05, 3.63) is 57.6 Å². The molecule has 0 saturated heterocycles. The van der Waals surface area contributed by atoms with Crippen LogP contribution in [-0.2, 0) is 19.1 Å². The maximum atomic E-state index is 11.4. The monoisotopic (exact) mass is 575 g/mol. The van der Waals surface area contributed by atoms with Gasteiger partial charge in [-0.1, -0.05) is 12.1 Å². The lowest BCUT2D eigenvalue weighted by atomic mass is 10.1. The maximum Gasteiger partial charge on any atom is 0.322 e. The van der Waals surface area contributed by atoms with Crippen molar-refractivity contribution in [2.45, 2.75) is 0 Å². The van der Waals surface area contributed by atoms with E-state index in [1.807, 2.05) is 5.32 Å². The molecule has 0 heterocycles. The molecule has 0 aliphatic carbocycles. The van der Waals surface area contributed by atoms with Crippen molar-refractivity contribution in [2.24, 2.45) is 5.73 Å². The van der Waals surface area contributed by atoms with Crippen molar-refractivity contribution in [1.29, 1.82) is 0 Å². The molecule has 0 saturated carbocycles. The van der Waals surface area contributed by atoms with Crippen LogP contribution in [0.15, 0.2) is 36.4 Å². The molecule has 2 aromatic rings. The highest BCUT2D eigenvalue weighted by Gasteiger charge is 2.21. The van der Waals surface area contributed by atoms with Gasteiger partial charge in [0.2, 0.25) is 5.75 Å². The lowest BCUT2D eigenvalue weighted by molar-refractivity contribution is -0.385. The lowest BCUT2D eigenvalue weighted by Gasteiger charge is -2.06. The zero-order chi connectivity index (χ0) is 29.4. The number of phenolic OH excluding ortho intramolecular Hbond substituents is 2. The number of para-hydroxylation sites is 2. The smallest absolute Gasteiger partial charge is 0.322 e. The van der Waals surface area contributed by atoms with Crippen LogP contribution in [0.25, 0.3) is 0 Å². The quantitative estimate of drug-likeness (QED) is 0.0643. The molecule has 0 aliphatic rings. The third-order valence-electron chi connectivity index (χ3n) is 3.96. The number of carbonyl (C=O) groups excluding carboxylic acids is 3. The van der Waals surface area contributed by atoms with Gasteiger partial charge in [0.1, 0.15) is 13.1 Å². The Kier molecular flexibility index (Phi) is 16.7. The standard InChI is InChI=1S/C9H8N2O6.C9H10N2O4.C3H7NO2.ClH/c12-7(13)4-10-9(15)5-2-1-3-6(8(5)14)11(16)17;10-6-3-1-2-5(8(6)14)9(15)11-4-7(12)13;1-6-3(5)2-4;/h1-3,14H,4H2,(H,10,15)(H,12,13);1-3,14H,4,10H2,(H,11,15)(H,12,13);2,4H2,1H3;1H. The van der Waals surface area contributed by atoms with Crippen LogP contribution in [0.4, 0.5) is 11.4 Å². The fraction of sp³-hybridized carbons (Fsp3) is 0.190. The third kappa shape index (κ3) is 13.1. The first-order valence-electron chi connectivity index (χ1n) is 10.1. The van der Waals surface area contributed by atoms with Gasteiger partial charge in [-0.05, 0) is 18.2 Å². The summed E-state index contributed by atoms with van der Waals surface area (Å²) in [6.07, 6.45) is 0. The average molecular weight is 576 g/mol. The van der Waals surface area contributed by atoms with E-state index < -0.39 is 53.2 Å². The molecule has 39 heavy (non-hydrogen) atoms. The van der Waals surface area contributed by atoms with E-state index in [0.29, 0.717) is 0 Å². The van der Waals surface area contributed by atoms with Gasteiger partial charge in [-0.25, -0.2) is 0 Å². The Hall–Kier alpha value is -5.16. The first-order valence-corrected chi connectivity index (χ1v) is 10.1. The zero-order valence-electron chi connectivity index (χ0n) is 20.2. The van der Waals surface area contributed by atoms with Crippen molar-refractivity contribution in [3.63, 3.8) is 0 Å². The number of nitro groups is 1. The number of carbonyl (C=O) groups is 5. The van der Waals surface area contributed by atoms with Crippen molar-refractivity contribution < 1.29 is 54.1 Å². The van der Waals surface area contributed by atoms with E-state index in [1.54, 1.807) is 0 Å². The average Bonchev–Trinajstić information content (AvgIpc) is 2.87. The van der Waals surface area contributed by atoms with E-state index >= 15 is 0 Å². The molecule has 0 aromatic heterocycles. The Bertz CT molecular complexity index is 1190. The number of nitrogens with two attached hydrogens (primary N) is 2. The molecule has 2 rings (SSSR count). The van der Waals surface area contributed by atoms with Gasteiger partial charge in [0.05, 0.1) is 35.4 Å². The molecule has 10 N–H and O–H groups in total. The Morgan fingerprint density at radius 2 is 1.33 bits per heavy atom. The summed E-state index contributed by atoms with van der Waals surface area (Å²) in [6, 6.07) is 7.67. The zero-order valence-corrected chi connectivity index (χ0v) is 21.0. The number of benzene rings is 2. The minimum absolute atomic E-state index is 0. The molecule has 214 valence electrons. The number of esters is 1. The number of methoxy groups -OCH3 is 1. The fourth-order valence-corrected chi connectivity index (χ4v) is 2.19. The number of rotatable bonds is 8. The predicted molar refractivity (Wildman–Crippen MR) is 136 cm³/mol. The highest BCUT2D eigenvalue weighted by molar-refractivity contribution is 6.00. The molecule has 0 atom stereocenters. The number of nitro benzene ring substituents is 1. The summed E-state index contributed by atoms with van der Waals surface area (Å²) in [5, 5.41) is 50.1. The Labute approximate surface area is 225 Å². The van der Waals surface area contributed by atoms with E-state index in [-0.39, 0.29) is 47.5 Å². The molecule has 0 spiro atoms. The summed E-state index contributed by atoms with van der Waals surface area (Å²) in [6.45, 7) is -1.18. The van der Waals surface area contributed by atoms with Crippen LogP contribution in [-0.4, -0.2) is 81.8 Å². The predicted octanol–water partition coefficient (Wildman–Crippen LogP) is -0.556. The first-order chi connectivity index (χ1) is 17.8. The first kappa shape index (κ1) is 36.0. The van der Waals surface area contributed by atoms with Crippen LogP contribution in [0.1, 0.15) is 20.7 Å². The van der Waals surface area contributed by atoms with Crippen LogP contribution >= 0.6 is 12.4 Å². The number of aromatic hydroxyl groups is 2. The summed E-state index contributed by atoms with van der Waals surface area (Å²) >= 11 is 0. The number of ether oxygens (including phenoxy) is 1. The van der Waals surface area contributed by atoms with Gasteiger partial charge >= 0.3 is 23.6 Å².